The first-order valence-corrected chi connectivity index (χ1v) is 24.4. The number of hydrogen-bond acceptors (Lipinski definition) is 7. The second-order valence-electron chi connectivity index (χ2n) is 16.8. The van der Waals surface area contributed by atoms with E-state index in [1.165, 1.54) is 141 Å². The molecule has 2 atom stereocenters. The highest BCUT2D eigenvalue weighted by Gasteiger charge is 2.27. The zero-order valence-corrected chi connectivity index (χ0v) is 37.6. The van der Waals surface area contributed by atoms with E-state index < -0.39 is 26.5 Å². The molecule has 0 rings (SSSR count). The summed E-state index contributed by atoms with van der Waals surface area (Å²) in [6, 6.07) is 0. The molecule has 55 heavy (non-hydrogen) atoms. The number of quaternary nitrogens is 1. The summed E-state index contributed by atoms with van der Waals surface area (Å²) in [5, 5.41) is 0. The number of likely N-dealkylation sites (N-methyl/N-ethyl adjacent to an activating group) is 1. The maximum atomic E-state index is 12.7. The minimum absolute atomic E-state index is 0.0345. The lowest BCUT2D eigenvalue weighted by molar-refractivity contribution is -0.870. The van der Waals surface area contributed by atoms with Crippen LogP contribution in [0, 0.1) is 0 Å². The molecule has 0 fully saturated rings. The number of nitrogens with zero attached hydrogens (tertiary/aromatic N) is 1. The highest BCUT2D eigenvalue weighted by Crippen LogP contribution is 2.43. The molecule has 0 aromatic heterocycles. The Morgan fingerprint density at radius 2 is 0.945 bits per heavy atom. The number of rotatable bonds is 42. The smallest absolute Gasteiger partial charge is 0.462 e. The molecule has 0 aromatic carbocycles. The van der Waals surface area contributed by atoms with Crippen molar-refractivity contribution in [2.75, 3.05) is 47.5 Å². The first-order chi connectivity index (χ1) is 26.5. The van der Waals surface area contributed by atoms with Crippen LogP contribution < -0.4 is 0 Å². The highest BCUT2D eigenvalue weighted by molar-refractivity contribution is 7.47. The molecule has 0 aliphatic heterocycles. The van der Waals surface area contributed by atoms with Crippen LogP contribution in [0.4, 0.5) is 0 Å². The van der Waals surface area contributed by atoms with Gasteiger partial charge in [-0.15, -0.1) is 0 Å². The van der Waals surface area contributed by atoms with E-state index in [0.717, 1.165) is 38.5 Å². The Labute approximate surface area is 339 Å². The van der Waals surface area contributed by atoms with Crippen molar-refractivity contribution in [1.82, 2.24) is 0 Å². The number of hydrogen-bond donors (Lipinski definition) is 1. The van der Waals surface area contributed by atoms with Crippen molar-refractivity contribution in [2.45, 2.75) is 219 Å². The molecule has 0 heterocycles. The lowest BCUT2D eigenvalue weighted by atomic mass is 10.0. The zero-order chi connectivity index (χ0) is 40.7. The first kappa shape index (κ1) is 53.8. The van der Waals surface area contributed by atoms with Crippen LogP contribution in [0.2, 0.25) is 0 Å². The maximum absolute atomic E-state index is 12.7. The predicted octanol–water partition coefficient (Wildman–Crippen LogP) is 13.0. The van der Waals surface area contributed by atoms with E-state index in [1.54, 1.807) is 0 Å². The fourth-order valence-electron chi connectivity index (χ4n) is 6.41. The van der Waals surface area contributed by atoms with Crippen LogP contribution in [0.3, 0.4) is 0 Å². The maximum Gasteiger partial charge on any atom is 0.472 e. The van der Waals surface area contributed by atoms with Crippen LogP contribution in [-0.2, 0) is 32.7 Å². The SMILES string of the molecule is CCCC/C=C/CCCCCCCCCCCC(=O)O[C@H](COC(=O)CCCCCCCCCCCCCCCCCC)COP(=O)(O)OCC[N+](C)(C)C. The van der Waals surface area contributed by atoms with Gasteiger partial charge in [-0.05, 0) is 32.1 Å². The summed E-state index contributed by atoms with van der Waals surface area (Å²) >= 11 is 0. The molecule has 10 heteroatoms. The number of allylic oxidation sites excluding steroid dienone is 2. The van der Waals surface area contributed by atoms with Gasteiger partial charge >= 0.3 is 19.8 Å². The molecule has 0 radical (unpaired) electrons. The fraction of sp³-hybridized carbons (Fsp3) is 0.911. The average molecular weight is 803 g/mol. The third-order valence-corrected chi connectivity index (χ3v) is 11.0. The van der Waals surface area contributed by atoms with Crippen molar-refractivity contribution in [2.24, 2.45) is 0 Å². The van der Waals surface area contributed by atoms with E-state index >= 15 is 0 Å². The van der Waals surface area contributed by atoms with E-state index in [0.29, 0.717) is 23.9 Å². The van der Waals surface area contributed by atoms with Crippen LogP contribution in [0.1, 0.15) is 213 Å². The quantitative estimate of drug-likeness (QED) is 0.0214. The van der Waals surface area contributed by atoms with Gasteiger partial charge in [-0.3, -0.25) is 18.6 Å². The van der Waals surface area contributed by atoms with Crippen molar-refractivity contribution >= 4 is 19.8 Å². The molecule has 0 aliphatic carbocycles. The van der Waals surface area contributed by atoms with Crippen molar-refractivity contribution in [3.05, 3.63) is 12.2 Å². The standard InChI is InChI=1S/C45H88NO8P/c1-6-8-10-12-14-16-18-20-22-24-25-27-29-31-33-35-37-44(47)51-41-43(42-53-55(49,50)52-40-39-46(3,4)5)54-45(48)38-36-34-32-30-28-26-23-21-19-17-15-13-11-9-7-2/h13,15,43H,6-12,14,16-42H2,1-5H3/p+1/b15-13+/t43-/m1/s1. The van der Waals surface area contributed by atoms with Gasteiger partial charge in [0, 0.05) is 12.8 Å². The third-order valence-electron chi connectivity index (χ3n) is 10.0. The second-order valence-corrected chi connectivity index (χ2v) is 18.2. The fourth-order valence-corrected chi connectivity index (χ4v) is 7.15. The molecule has 9 nitrogen and oxygen atoms in total. The van der Waals surface area contributed by atoms with Gasteiger partial charge in [0.15, 0.2) is 6.10 Å². The summed E-state index contributed by atoms with van der Waals surface area (Å²) in [6.45, 7) is 4.42. The van der Waals surface area contributed by atoms with Crippen molar-refractivity contribution in [3.63, 3.8) is 0 Å². The molecule has 0 bridgehead atoms. The molecule has 0 amide bonds. The van der Waals surface area contributed by atoms with E-state index in [-0.39, 0.29) is 25.6 Å². The van der Waals surface area contributed by atoms with Crippen LogP contribution >= 0.6 is 7.82 Å². The first-order valence-electron chi connectivity index (χ1n) is 22.9. The summed E-state index contributed by atoms with van der Waals surface area (Å²) in [6.07, 6.45) is 39.6. The van der Waals surface area contributed by atoms with Gasteiger partial charge in [-0.1, -0.05) is 180 Å². The molecule has 0 saturated heterocycles. The van der Waals surface area contributed by atoms with Crippen molar-refractivity contribution < 1.29 is 42.1 Å². The molecule has 326 valence electrons. The number of ether oxygens (including phenoxy) is 2. The molecule has 0 aliphatic rings. The summed E-state index contributed by atoms with van der Waals surface area (Å²) < 4.78 is 34.3. The van der Waals surface area contributed by atoms with Gasteiger partial charge in [-0.25, -0.2) is 4.57 Å². The van der Waals surface area contributed by atoms with E-state index in [1.807, 2.05) is 21.1 Å². The molecular weight excluding hydrogens is 713 g/mol. The Hall–Kier alpha value is -1.25. The Balaban J connectivity index is 4.30. The molecule has 1 unspecified atom stereocenters. The number of phosphoric ester groups is 1. The van der Waals surface area contributed by atoms with Gasteiger partial charge in [0.25, 0.3) is 0 Å². The topological polar surface area (TPSA) is 108 Å². The van der Waals surface area contributed by atoms with Crippen LogP contribution in [0.15, 0.2) is 12.2 Å². The monoisotopic (exact) mass is 803 g/mol. The Bertz CT molecular complexity index is 954. The Morgan fingerprint density at radius 3 is 1.40 bits per heavy atom. The summed E-state index contributed by atoms with van der Waals surface area (Å²) in [4.78, 5) is 35.4. The van der Waals surface area contributed by atoms with Crippen LogP contribution in [-0.4, -0.2) is 74.9 Å². The summed E-state index contributed by atoms with van der Waals surface area (Å²) in [5.41, 5.74) is 0. The number of carbonyl (C=O) groups excluding carboxylic acids is 2. The summed E-state index contributed by atoms with van der Waals surface area (Å²) in [7, 11) is 1.49. The minimum Gasteiger partial charge on any atom is -0.462 e. The Morgan fingerprint density at radius 1 is 0.545 bits per heavy atom. The predicted molar refractivity (Wildman–Crippen MR) is 229 cm³/mol. The van der Waals surface area contributed by atoms with Crippen LogP contribution in [0.5, 0.6) is 0 Å². The van der Waals surface area contributed by atoms with Gasteiger partial charge < -0.3 is 18.9 Å². The second kappa shape index (κ2) is 38.3. The number of phosphoric acid groups is 1. The highest BCUT2D eigenvalue weighted by atomic mass is 31.2. The van der Waals surface area contributed by atoms with Crippen LogP contribution in [0.25, 0.3) is 0 Å². The minimum atomic E-state index is -4.37. The van der Waals surface area contributed by atoms with Gasteiger partial charge in [-0.2, -0.15) is 0 Å². The third kappa shape index (κ3) is 42.2. The normalized spacial score (nSPS) is 13.6. The van der Waals surface area contributed by atoms with E-state index in [2.05, 4.69) is 26.0 Å². The lowest BCUT2D eigenvalue weighted by Gasteiger charge is -2.24. The van der Waals surface area contributed by atoms with Crippen molar-refractivity contribution in [3.8, 4) is 0 Å². The molecule has 1 N–H and O–H groups in total. The lowest BCUT2D eigenvalue weighted by Crippen LogP contribution is -2.37. The van der Waals surface area contributed by atoms with Gasteiger partial charge in [0.05, 0.1) is 27.7 Å². The zero-order valence-electron chi connectivity index (χ0n) is 36.7. The van der Waals surface area contributed by atoms with Gasteiger partial charge in [0.1, 0.15) is 19.8 Å². The van der Waals surface area contributed by atoms with E-state index in [9.17, 15) is 19.0 Å². The van der Waals surface area contributed by atoms with E-state index in [4.69, 9.17) is 18.5 Å². The number of unbranched alkanes of at least 4 members (excludes halogenated alkanes) is 26. The number of esters is 2. The number of carbonyl (C=O) groups is 2. The molecule has 0 aromatic rings. The summed E-state index contributed by atoms with van der Waals surface area (Å²) in [5.74, 6) is -0.790. The van der Waals surface area contributed by atoms with Crippen molar-refractivity contribution in [1.29, 1.82) is 0 Å². The molecular formula is C45H89NO8P+. The average Bonchev–Trinajstić information content (AvgIpc) is 3.13. The molecule has 0 saturated carbocycles. The molecule has 0 spiro atoms. The van der Waals surface area contributed by atoms with Gasteiger partial charge in [0.2, 0.25) is 0 Å². The largest absolute Gasteiger partial charge is 0.472 e. The Kier molecular flexibility index (Phi) is 37.4.